The van der Waals surface area contributed by atoms with Gasteiger partial charge in [-0.25, -0.2) is 4.39 Å². The molecule has 5 heteroatoms. The number of aryl methyl sites for hydroxylation is 1. The summed E-state index contributed by atoms with van der Waals surface area (Å²) in [6, 6.07) is 15.7. The van der Waals surface area contributed by atoms with Crippen LogP contribution in [0.2, 0.25) is 0 Å². The molecule has 0 unspecified atom stereocenters. The van der Waals surface area contributed by atoms with Crippen LogP contribution in [0.3, 0.4) is 0 Å². The molecule has 1 heterocycles. The van der Waals surface area contributed by atoms with Gasteiger partial charge in [0.2, 0.25) is 0 Å². The summed E-state index contributed by atoms with van der Waals surface area (Å²) in [5.74, 6) is 0.327. The summed E-state index contributed by atoms with van der Waals surface area (Å²) in [4.78, 5) is 12.6. The number of benzene rings is 2. The normalized spacial score (nSPS) is 10.6. The fourth-order valence-corrected chi connectivity index (χ4v) is 3.04. The lowest BCUT2D eigenvalue weighted by molar-refractivity contribution is 0.0950. The van der Waals surface area contributed by atoms with Gasteiger partial charge in [0.15, 0.2) is 0 Å². The van der Waals surface area contributed by atoms with E-state index in [2.05, 4.69) is 5.32 Å². The second-order valence-electron chi connectivity index (χ2n) is 6.13. The third kappa shape index (κ3) is 3.61. The van der Waals surface area contributed by atoms with Crippen molar-refractivity contribution < 1.29 is 13.9 Å². The van der Waals surface area contributed by atoms with Gasteiger partial charge in [0.05, 0.1) is 12.7 Å². The zero-order chi connectivity index (χ0) is 18.7. The minimum atomic E-state index is -0.285. The molecular formula is C21H21FN2O2. The van der Waals surface area contributed by atoms with E-state index >= 15 is 0 Å². The van der Waals surface area contributed by atoms with Crippen molar-refractivity contribution in [3.8, 4) is 11.4 Å². The fraction of sp³-hybridized carbons (Fsp3) is 0.190. The van der Waals surface area contributed by atoms with Crippen LogP contribution in [0.5, 0.6) is 5.75 Å². The number of hydrogen-bond donors (Lipinski definition) is 1. The number of ether oxygens (including phenoxy) is 1. The fourth-order valence-electron chi connectivity index (χ4n) is 3.04. The summed E-state index contributed by atoms with van der Waals surface area (Å²) in [6.45, 7) is 4.22. The maximum absolute atomic E-state index is 13.2. The SMILES string of the molecule is COc1cccc(CNC(=O)c2cc(C)n(-c3ccc(F)cc3)c2C)c1. The van der Waals surface area contributed by atoms with Crippen LogP contribution in [0.25, 0.3) is 5.69 Å². The van der Waals surface area contributed by atoms with Crippen molar-refractivity contribution in [2.24, 2.45) is 0 Å². The first kappa shape index (κ1) is 17.7. The molecule has 0 radical (unpaired) electrons. The first-order valence-electron chi connectivity index (χ1n) is 8.35. The van der Waals surface area contributed by atoms with Crippen LogP contribution in [-0.4, -0.2) is 17.6 Å². The molecule has 0 aliphatic carbocycles. The number of nitrogens with one attached hydrogen (secondary N) is 1. The molecule has 3 aromatic rings. The van der Waals surface area contributed by atoms with Gasteiger partial charge in [0.1, 0.15) is 11.6 Å². The molecule has 3 rings (SSSR count). The molecule has 0 atom stereocenters. The minimum absolute atomic E-state index is 0.144. The smallest absolute Gasteiger partial charge is 0.253 e. The van der Waals surface area contributed by atoms with Crippen LogP contribution in [0.15, 0.2) is 54.6 Å². The zero-order valence-electron chi connectivity index (χ0n) is 15.0. The maximum atomic E-state index is 13.2. The molecule has 0 bridgehead atoms. The van der Waals surface area contributed by atoms with Gasteiger partial charge in [-0.15, -0.1) is 0 Å². The van der Waals surface area contributed by atoms with Crippen molar-refractivity contribution in [2.75, 3.05) is 7.11 Å². The van der Waals surface area contributed by atoms with Gasteiger partial charge in [-0.2, -0.15) is 0 Å². The lowest BCUT2D eigenvalue weighted by Gasteiger charge is -2.10. The number of rotatable bonds is 5. The number of methoxy groups -OCH3 is 1. The summed E-state index contributed by atoms with van der Waals surface area (Å²) in [5, 5.41) is 2.94. The van der Waals surface area contributed by atoms with Gasteiger partial charge in [0.25, 0.3) is 5.91 Å². The van der Waals surface area contributed by atoms with Crippen molar-refractivity contribution in [1.29, 1.82) is 0 Å². The largest absolute Gasteiger partial charge is 0.497 e. The molecule has 0 aliphatic rings. The van der Waals surface area contributed by atoms with Gasteiger partial charge in [-0.1, -0.05) is 12.1 Å². The lowest BCUT2D eigenvalue weighted by atomic mass is 10.2. The predicted molar refractivity (Wildman–Crippen MR) is 99.4 cm³/mol. The Balaban J connectivity index is 1.79. The highest BCUT2D eigenvalue weighted by Gasteiger charge is 2.16. The molecule has 1 amide bonds. The van der Waals surface area contributed by atoms with Crippen molar-refractivity contribution >= 4 is 5.91 Å². The Bertz CT molecular complexity index is 930. The van der Waals surface area contributed by atoms with E-state index in [1.807, 2.05) is 48.7 Å². The molecule has 1 N–H and O–H groups in total. The second-order valence-corrected chi connectivity index (χ2v) is 6.13. The average Bonchev–Trinajstić information content (AvgIpc) is 2.95. The molecule has 0 saturated heterocycles. The maximum Gasteiger partial charge on any atom is 0.253 e. The zero-order valence-corrected chi connectivity index (χ0v) is 15.0. The summed E-state index contributed by atoms with van der Waals surface area (Å²) < 4.78 is 20.3. The first-order chi connectivity index (χ1) is 12.5. The highest BCUT2D eigenvalue weighted by atomic mass is 19.1. The average molecular weight is 352 g/mol. The van der Waals surface area contributed by atoms with E-state index in [0.29, 0.717) is 12.1 Å². The summed E-state index contributed by atoms with van der Waals surface area (Å²) in [6.07, 6.45) is 0. The Morgan fingerprint density at radius 3 is 2.54 bits per heavy atom. The summed E-state index contributed by atoms with van der Waals surface area (Å²) >= 11 is 0. The van der Waals surface area contributed by atoms with Crippen molar-refractivity contribution in [3.63, 3.8) is 0 Å². The van der Waals surface area contributed by atoms with Crippen LogP contribution in [0.1, 0.15) is 27.3 Å². The van der Waals surface area contributed by atoms with Crippen LogP contribution in [-0.2, 0) is 6.54 Å². The molecule has 0 aliphatic heterocycles. The van der Waals surface area contributed by atoms with Crippen LogP contribution >= 0.6 is 0 Å². The topological polar surface area (TPSA) is 43.3 Å². The van der Waals surface area contributed by atoms with E-state index in [0.717, 1.165) is 28.4 Å². The molecule has 0 saturated carbocycles. The standard InChI is InChI=1S/C21H21FN2O2/c1-14-11-20(15(2)24(14)18-9-7-17(22)8-10-18)21(25)23-13-16-5-4-6-19(12-16)26-3/h4-12H,13H2,1-3H3,(H,23,25). The van der Waals surface area contributed by atoms with E-state index in [9.17, 15) is 9.18 Å². The highest BCUT2D eigenvalue weighted by molar-refractivity contribution is 5.95. The monoisotopic (exact) mass is 352 g/mol. The van der Waals surface area contributed by atoms with E-state index in [4.69, 9.17) is 4.74 Å². The Morgan fingerprint density at radius 2 is 1.85 bits per heavy atom. The van der Waals surface area contributed by atoms with E-state index in [1.165, 1.54) is 12.1 Å². The second kappa shape index (κ2) is 7.44. The Morgan fingerprint density at radius 1 is 1.12 bits per heavy atom. The van der Waals surface area contributed by atoms with Gasteiger partial charge in [-0.05, 0) is 61.9 Å². The third-order valence-electron chi connectivity index (χ3n) is 4.35. The number of halogens is 1. The third-order valence-corrected chi connectivity index (χ3v) is 4.35. The number of carbonyl (C=O) groups is 1. The number of amides is 1. The van der Waals surface area contributed by atoms with Crippen LogP contribution < -0.4 is 10.1 Å². The van der Waals surface area contributed by atoms with Gasteiger partial charge >= 0.3 is 0 Å². The molecule has 26 heavy (non-hydrogen) atoms. The number of hydrogen-bond acceptors (Lipinski definition) is 2. The van der Waals surface area contributed by atoms with E-state index < -0.39 is 0 Å². The van der Waals surface area contributed by atoms with Gasteiger partial charge in [-0.3, -0.25) is 4.79 Å². The van der Waals surface area contributed by atoms with E-state index in [-0.39, 0.29) is 11.7 Å². The number of nitrogens with zero attached hydrogens (tertiary/aromatic N) is 1. The van der Waals surface area contributed by atoms with E-state index in [1.54, 1.807) is 19.2 Å². The number of carbonyl (C=O) groups excluding carboxylic acids is 1. The number of aromatic nitrogens is 1. The summed E-state index contributed by atoms with van der Waals surface area (Å²) in [5.41, 5.74) is 4.13. The summed E-state index contributed by atoms with van der Waals surface area (Å²) in [7, 11) is 1.61. The molecular weight excluding hydrogens is 331 g/mol. The Kier molecular flexibility index (Phi) is 5.07. The minimum Gasteiger partial charge on any atom is -0.497 e. The molecule has 134 valence electrons. The molecule has 1 aromatic heterocycles. The first-order valence-corrected chi connectivity index (χ1v) is 8.35. The van der Waals surface area contributed by atoms with Gasteiger partial charge < -0.3 is 14.6 Å². The lowest BCUT2D eigenvalue weighted by Crippen LogP contribution is -2.23. The molecule has 2 aromatic carbocycles. The van der Waals surface area contributed by atoms with Crippen molar-refractivity contribution in [2.45, 2.75) is 20.4 Å². The van der Waals surface area contributed by atoms with Gasteiger partial charge in [0, 0.05) is 23.6 Å². The Labute approximate surface area is 152 Å². The van der Waals surface area contributed by atoms with Crippen LogP contribution in [0, 0.1) is 19.7 Å². The van der Waals surface area contributed by atoms with Crippen molar-refractivity contribution in [3.05, 3.63) is 82.9 Å². The molecule has 0 fully saturated rings. The van der Waals surface area contributed by atoms with Crippen LogP contribution in [0.4, 0.5) is 4.39 Å². The quantitative estimate of drug-likeness (QED) is 0.749. The Hall–Kier alpha value is -3.08. The highest BCUT2D eigenvalue weighted by Crippen LogP contribution is 2.21. The predicted octanol–water partition coefficient (Wildman–Crippen LogP) is 4.17. The molecule has 4 nitrogen and oxygen atoms in total. The molecule has 0 spiro atoms. The van der Waals surface area contributed by atoms with Crippen molar-refractivity contribution in [1.82, 2.24) is 9.88 Å².